The minimum absolute atomic E-state index is 0.163. The van der Waals surface area contributed by atoms with Crippen LogP contribution in [0, 0.1) is 0 Å². The van der Waals surface area contributed by atoms with Gasteiger partial charge in [-0.05, 0) is 89.7 Å². The number of ether oxygens (including phenoxy) is 13. The Kier molecular flexibility index (Phi) is 15.5. The van der Waals surface area contributed by atoms with Gasteiger partial charge in [-0.2, -0.15) is 0 Å². The molecule has 3 fully saturated rings. The van der Waals surface area contributed by atoms with E-state index in [1.807, 2.05) is 103 Å². The molecule has 2 saturated heterocycles. The largest absolute Gasteiger partial charge is 0.497 e. The van der Waals surface area contributed by atoms with Crippen LogP contribution in [-0.4, -0.2) is 96.5 Å². The van der Waals surface area contributed by atoms with Crippen molar-refractivity contribution in [3.63, 3.8) is 0 Å². The maximum atomic E-state index is 7.09. The van der Waals surface area contributed by atoms with E-state index in [-0.39, 0.29) is 32.5 Å². The molecule has 4 aromatic carbocycles. The SMILES string of the molecule is COc1ccc(COC[C@H]2O[C@@H](O[C@@H]3C=CO[C@@H]4COC5(CCCCC5)O[C@@H]34)[C@H](OCc3ccc(OC)cc3)[C@@H](OCc3ccc(OC)cc3)[C@@H]2OCc2ccc(OC)cc2)cc1. The third kappa shape index (κ3) is 11.5. The van der Waals surface area contributed by atoms with E-state index in [2.05, 4.69) is 0 Å². The average molecular weight is 869 g/mol. The molecule has 63 heavy (non-hydrogen) atoms. The van der Waals surface area contributed by atoms with Gasteiger partial charge in [0.2, 0.25) is 0 Å². The van der Waals surface area contributed by atoms with Crippen LogP contribution in [0.3, 0.4) is 0 Å². The van der Waals surface area contributed by atoms with Gasteiger partial charge in [-0.15, -0.1) is 0 Å². The molecule has 0 N–H and O–H groups in total. The van der Waals surface area contributed by atoms with Crippen molar-refractivity contribution in [2.24, 2.45) is 0 Å². The number of rotatable bonds is 19. The summed E-state index contributed by atoms with van der Waals surface area (Å²) in [5, 5.41) is 0. The van der Waals surface area contributed by atoms with E-state index in [4.69, 9.17) is 61.6 Å². The maximum Gasteiger partial charge on any atom is 0.187 e. The fraction of sp³-hybridized carbons (Fsp3) is 0.480. The zero-order valence-electron chi connectivity index (χ0n) is 36.6. The monoisotopic (exact) mass is 868 g/mol. The molecule has 0 aromatic heterocycles. The highest BCUT2D eigenvalue weighted by atomic mass is 16.8. The molecule has 0 bridgehead atoms. The maximum absolute atomic E-state index is 7.09. The van der Waals surface area contributed by atoms with Gasteiger partial charge in [0.15, 0.2) is 18.2 Å². The Morgan fingerprint density at radius 2 is 1.03 bits per heavy atom. The Bertz CT molecular complexity index is 2000. The molecule has 4 aliphatic rings. The van der Waals surface area contributed by atoms with Gasteiger partial charge in [0.1, 0.15) is 59.6 Å². The van der Waals surface area contributed by atoms with Crippen LogP contribution in [0.1, 0.15) is 54.4 Å². The first-order chi connectivity index (χ1) is 30.9. The van der Waals surface area contributed by atoms with Crippen LogP contribution in [-0.2, 0) is 69.1 Å². The van der Waals surface area contributed by atoms with E-state index in [1.54, 1.807) is 34.7 Å². The first kappa shape index (κ1) is 44.9. The smallest absolute Gasteiger partial charge is 0.187 e. The Hall–Kier alpha value is -4.70. The predicted molar refractivity (Wildman–Crippen MR) is 232 cm³/mol. The normalized spacial score (nSPS) is 26.3. The summed E-state index contributed by atoms with van der Waals surface area (Å²) in [4.78, 5) is 0. The third-order valence-corrected chi connectivity index (χ3v) is 12.1. The first-order valence-electron chi connectivity index (χ1n) is 21.8. The van der Waals surface area contributed by atoms with Gasteiger partial charge < -0.3 is 61.6 Å². The molecular weight excluding hydrogens is 809 g/mol. The molecule has 1 saturated carbocycles. The van der Waals surface area contributed by atoms with E-state index in [0.717, 1.165) is 77.4 Å². The molecule has 8 rings (SSSR count). The molecule has 13 heteroatoms. The minimum Gasteiger partial charge on any atom is -0.497 e. The Balaban J connectivity index is 1.13. The summed E-state index contributed by atoms with van der Waals surface area (Å²) in [6, 6.07) is 31.2. The number of hydrogen-bond donors (Lipinski definition) is 0. The molecule has 0 amide bonds. The fourth-order valence-electron chi connectivity index (χ4n) is 8.49. The molecule has 13 nitrogen and oxygen atoms in total. The Morgan fingerprint density at radius 3 is 1.54 bits per heavy atom. The van der Waals surface area contributed by atoms with Crippen LogP contribution >= 0.6 is 0 Å². The predicted octanol–water partition coefficient (Wildman–Crippen LogP) is 8.09. The van der Waals surface area contributed by atoms with E-state index in [1.165, 1.54) is 0 Å². The first-order valence-corrected chi connectivity index (χ1v) is 21.8. The molecule has 338 valence electrons. The number of hydrogen-bond acceptors (Lipinski definition) is 13. The average Bonchev–Trinajstić information content (AvgIpc) is 3.33. The highest BCUT2D eigenvalue weighted by Crippen LogP contribution is 2.41. The minimum atomic E-state index is -0.957. The summed E-state index contributed by atoms with van der Waals surface area (Å²) < 4.78 is 82.4. The zero-order chi connectivity index (χ0) is 43.4. The molecule has 3 heterocycles. The highest BCUT2D eigenvalue weighted by Gasteiger charge is 2.53. The topological polar surface area (TPSA) is 120 Å². The fourth-order valence-corrected chi connectivity index (χ4v) is 8.49. The summed E-state index contributed by atoms with van der Waals surface area (Å²) in [5.74, 6) is 2.35. The van der Waals surface area contributed by atoms with E-state index >= 15 is 0 Å². The van der Waals surface area contributed by atoms with Crippen LogP contribution in [0.4, 0.5) is 0 Å². The van der Waals surface area contributed by atoms with E-state index < -0.39 is 48.7 Å². The second-order valence-electron chi connectivity index (χ2n) is 16.2. The van der Waals surface area contributed by atoms with Crippen molar-refractivity contribution in [3.8, 4) is 23.0 Å². The lowest BCUT2D eigenvalue weighted by Gasteiger charge is -2.50. The molecule has 4 aromatic rings. The zero-order valence-corrected chi connectivity index (χ0v) is 36.6. The summed E-state index contributed by atoms with van der Waals surface area (Å²) in [6.07, 6.45) is 3.28. The van der Waals surface area contributed by atoms with Crippen LogP contribution in [0.25, 0.3) is 0 Å². The molecule has 1 aliphatic carbocycles. The van der Waals surface area contributed by atoms with Gasteiger partial charge in [0.05, 0.1) is 74.3 Å². The number of fused-ring (bicyclic) bond motifs is 1. The van der Waals surface area contributed by atoms with Gasteiger partial charge in [0.25, 0.3) is 0 Å². The molecule has 8 atom stereocenters. The van der Waals surface area contributed by atoms with Crippen LogP contribution < -0.4 is 18.9 Å². The summed E-state index contributed by atoms with van der Waals surface area (Å²) >= 11 is 0. The van der Waals surface area contributed by atoms with Crippen molar-refractivity contribution in [2.45, 2.75) is 113 Å². The van der Waals surface area contributed by atoms with Crippen molar-refractivity contribution in [1.29, 1.82) is 0 Å². The van der Waals surface area contributed by atoms with Gasteiger partial charge in [-0.1, -0.05) is 55.0 Å². The second kappa shape index (κ2) is 21.8. The second-order valence-corrected chi connectivity index (χ2v) is 16.2. The van der Waals surface area contributed by atoms with Crippen LogP contribution in [0.15, 0.2) is 109 Å². The van der Waals surface area contributed by atoms with Crippen LogP contribution in [0.5, 0.6) is 23.0 Å². The van der Waals surface area contributed by atoms with E-state index in [9.17, 15) is 0 Å². The number of methoxy groups -OCH3 is 4. The lowest BCUT2D eigenvalue weighted by molar-refractivity contribution is -0.371. The summed E-state index contributed by atoms with van der Waals surface area (Å²) in [5.41, 5.74) is 3.80. The van der Waals surface area contributed by atoms with Crippen LogP contribution in [0.2, 0.25) is 0 Å². The van der Waals surface area contributed by atoms with Gasteiger partial charge in [-0.25, -0.2) is 0 Å². The van der Waals surface area contributed by atoms with Crippen molar-refractivity contribution in [2.75, 3.05) is 41.7 Å². The van der Waals surface area contributed by atoms with E-state index in [0.29, 0.717) is 13.2 Å². The number of benzene rings is 4. The van der Waals surface area contributed by atoms with Crippen molar-refractivity contribution in [3.05, 3.63) is 132 Å². The summed E-state index contributed by atoms with van der Waals surface area (Å²) in [6.45, 7) is 1.63. The lowest BCUT2D eigenvalue weighted by Crippen LogP contribution is -2.64. The lowest BCUT2D eigenvalue weighted by atomic mass is 9.91. The highest BCUT2D eigenvalue weighted by molar-refractivity contribution is 5.29. The summed E-state index contributed by atoms with van der Waals surface area (Å²) in [7, 11) is 6.59. The Morgan fingerprint density at radius 1 is 0.556 bits per heavy atom. The molecule has 0 radical (unpaired) electrons. The van der Waals surface area contributed by atoms with Gasteiger partial charge in [-0.3, -0.25) is 0 Å². The van der Waals surface area contributed by atoms with Gasteiger partial charge in [0, 0.05) is 12.8 Å². The molecule has 3 aliphatic heterocycles. The third-order valence-electron chi connectivity index (χ3n) is 12.1. The van der Waals surface area contributed by atoms with Gasteiger partial charge >= 0.3 is 0 Å². The molecule has 1 spiro atoms. The Labute approximate surface area is 370 Å². The quantitative estimate of drug-likeness (QED) is 0.0904. The van der Waals surface area contributed by atoms with Crippen molar-refractivity contribution < 1.29 is 61.6 Å². The molecule has 0 unspecified atom stereocenters. The van der Waals surface area contributed by atoms with Crippen molar-refractivity contribution in [1.82, 2.24) is 0 Å². The van der Waals surface area contributed by atoms with Crippen molar-refractivity contribution >= 4 is 0 Å². The standard InChI is InChI=1S/C50H60O13/c1-51-38-16-8-34(9-17-38)28-55-32-44-46(57-29-35-10-18-39(52-2)19-11-35)47(58-30-36-12-20-40(53-3)21-13-36)48(59-31-37-14-22-41(54-4)23-15-37)49(62-44)61-42-24-27-56-43-33-60-50(63-45(42)43)25-6-5-7-26-50/h8-24,27,42-49H,5-7,25-26,28-33H2,1-4H3/t42-,43-,44-,45+,46-,47+,48-,49-/m1/s1. The molecular formula is C50H60O13.